The van der Waals surface area contributed by atoms with Gasteiger partial charge in [-0.3, -0.25) is 0 Å². The lowest BCUT2D eigenvalue weighted by molar-refractivity contribution is -0.00244. The SMILES string of the molecule is CCCCCCCCCc1ccccc1OC(CCC)Oc1ccccc1CCCCCCCCC. The average molecular weight is 495 g/mol. The highest BCUT2D eigenvalue weighted by atomic mass is 16.7. The molecular weight excluding hydrogens is 440 g/mol. The molecule has 0 saturated carbocycles. The Morgan fingerprint density at radius 1 is 0.472 bits per heavy atom. The second-order valence-corrected chi connectivity index (χ2v) is 10.4. The molecule has 0 unspecified atom stereocenters. The first-order valence-corrected chi connectivity index (χ1v) is 15.3. The molecule has 36 heavy (non-hydrogen) atoms. The van der Waals surface area contributed by atoms with E-state index in [9.17, 15) is 0 Å². The second kappa shape index (κ2) is 20.1. The Morgan fingerprint density at radius 2 is 0.861 bits per heavy atom. The lowest BCUT2D eigenvalue weighted by Crippen LogP contribution is -2.24. The number of rotatable bonds is 22. The quantitative estimate of drug-likeness (QED) is 0.120. The van der Waals surface area contributed by atoms with E-state index in [-0.39, 0.29) is 6.29 Å². The number of ether oxygens (including phenoxy) is 2. The van der Waals surface area contributed by atoms with Gasteiger partial charge in [-0.2, -0.15) is 0 Å². The number of hydrogen-bond acceptors (Lipinski definition) is 2. The molecule has 202 valence electrons. The molecule has 0 bridgehead atoms. The molecule has 0 fully saturated rings. The molecule has 2 nitrogen and oxygen atoms in total. The van der Waals surface area contributed by atoms with Gasteiger partial charge in [0.25, 0.3) is 0 Å². The van der Waals surface area contributed by atoms with E-state index in [1.165, 1.54) is 101 Å². The van der Waals surface area contributed by atoms with Crippen molar-refractivity contribution in [1.29, 1.82) is 0 Å². The van der Waals surface area contributed by atoms with Crippen molar-refractivity contribution in [3.05, 3.63) is 59.7 Å². The fourth-order valence-corrected chi connectivity index (χ4v) is 4.86. The van der Waals surface area contributed by atoms with Gasteiger partial charge in [0, 0.05) is 6.42 Å². The highest BCUT2D eigenvalue weighted by molar-refractivity contribution is 5.35. The van der Waals surface area contributed by atoms with Crippen molar-refractivity contribution < 1.29 is 9.47 Å². The van der Waals surface area contributed by atoms with E-state index in [1.807, 2.05) is 0 Å². The number of hydrogen-bond donors (Lipinski definition) is 0. The van der Waals surface area contributed by atoms with Gasteiger partial charge in [0.2, 0.25) is 6.29 Å². The predicted molar refractivity (Wildman–Crippen MR) is 156 cm³/mol. The van der Waals surface area contributed by atoms with E-state index < -0.39 is 0 Å². The molecule has 2 aromatic rings. The molecule has 0 aliphatic carbocycles. The van der Waals surface area contributed by atoms with Crippen LogP contribution in [-0.2, 0) is 12.8 Å². The molecule has 0 aliphatic rings. The third kappa shape index (κ3) is 12.8. The predicted octanol–water partition coefficient (Wildman–Crippen LogP) is 10.9. The minimum absolute atomic E-state index is 0.250. The van der Waals surface area contributed by atoms with Crippen LogP contribution < -0.4 is 9.47 Å². The largest absolute Gasteiger partial charge is 0.455 e. The summed E-state index contributed by atoms with van der Waals surface area (Å²) in [6.07, 6.45) is 22.5. The molecule has 0 heterocycles. The average Bonchev–Trinajstić information content (AvgIpc) is 2.89. The minimum Gasteiger partial charge on any atom is -0.455 e. The normalized spacial score (nSPS) is 11.2. The van der Waals surface area contributed by atoms with Crippen LogP contribution >= 0.6 is 0 Å². The van der Waals surface area contributed by atoms with Gasteiger partial charge in [0.05, 0.1) is 0 Å². The van der Waals surface area contributed by atoms with Crippen LogP contribution in [-0.4, -0.2) is 6.29 Å². The van der Waals surface area contributed by atoms with Crippen LogP contribution in [0.25, 0.3) is 0 Å². The van der Waals surface area contributed by atoms with E-state index in [0.29, 0.717) is 0 Å². The first kappa shape index (κ1) is 30.3. The van der Waals surface area contributed by atoms with Gasteiger partial charge in [-0.05, 0) is 55.4 Å². The van der Waals surface area contributed by atoms with Crippen molar-refractivity contribution in [3.63, 3.8) is 0 Å². The molecule has 2 rings (SSSR count). The standard InChI is InChI=1S/C34H54O2/c1-4-7-9-11-13-15-17-24-30-26-19-21-28-32(30)35-34(23-6-3)36-33-29-22-20-27-31(33)25-18-16-14-12-10-8-5-2/h19-22,26-29,34H,4-18,23-25H2,1-3H3. The second-order valence-electron chi connectivity index (χ2n) is 10.4. The van der Waals surface area contributed by atoms with Crippen molar-refractivity contribution in [3.8, 4) is 11.5 Å². The van der Waals surface area contributed by atoms with Crippen molar-refractivity contribution >= 4 is 0 Å². The first-order valence-electron chi connectivity index (χ1n) is 15.3. The highest BCUT2D eigenvalue weighted by Gasteiger charge is 2.16. The van der Waals surface area contributed by atoms with E-state index in [4.69, 9.17) is 9.47 Å². The Morgan fingerprint density at radius 3 is 1.28 bits per heavy atom. The molecule has 2 aromatic carbocycles. The lowest BCUT2D eigenvalue weighted by Gasteiger charge is -2.23. The monoisotopic (exact) mass is 494 g/mol. The van der Waals surface area contributed by atoms with Gasteiger partial charge in [-0.15, -0.1) is 0 Å². The molecular formula is C34H54O2. The molecule has 0 aliphatic heterocycles. The topological polar surface area (TPSA) is 18.5 Å². The summed E-state index contributed by atoms with van der Waals surface area (Å²) in [5, 5.41) is 0. The summed E-state index contributed by atoms with van der Waals surface area (Å²) in [5.41, 5.74) is 2.62. The summed E-state index contributed by atoms with van der Waals surface area (Å²) in [7, 11) is 0. The van der Waals surface area contributed by atoms with Crippen molar-refractivity contribution in [2.24, 2.45) is 0 Å². The zero-order valence-electron chi connectivity index (χ0n) is 23.7. The Hall–Kier alpha value is -1.96. The number of aryl methyl sites for hydroxylation is 2. The van der Waals surface area contributed by atoms with E-state index >= 15 is 0 Å². The van der Waals surface area contributed by atoms with Gasteiger partial charge in [0.1, 0.15) is 11.5 Å². The Kier molecular flexibility index (Phi) is 16.9. The van der Waals surface area contributed by atoms with Crippen molar-refractivity contribution in [2.45, 2.75) is 143 Å². The fraction of sp³-hybridized carbons (Fsp3) is 0.647. The van der Waals surface area contributed by atoms with E-state index in [1.54, 1.807) is 0 Å². The maximum atomic E-state index is 6.51. The molecule has 0 N–H and O–H groups in total. The summed E-state index contributed by atoms with van der Waals surface area (Å²) in [4.78, 5) is 0. The van der Waals surface area contributed by atoms with Crippen LogP contribution in [0.4, 0.5) is 0 Å². The zero-order chi connectivity index (χ0) is 25.7. The van der Waals surface area contributed by atoms with Gasteiger partial charge in [0.15, 0.2) is 0 Å². The Labute approximate surface area is 223 Å². The Bertz CT molecular complexity index is 721. The Balaban J connectivity index is 1.89. The van der Waals surface area contributed by atoms with Crippen molar-refractivity contribution in [2.75, 3.05) is 0 Å². The van der Waals surface area contributed by atoms with Crippen LogP contribution in [0, 0.1) is 0 Å². The molecule has 0 amide bonds. The van der Waals surface area contributed by atoms with Crippen LogP contribution in [0.15, 0.2) is 48.5 Å². The maximum absolute atomic E-state index is 6.51. The molecule has 0 atom stereocenters. The number of unbranched alkanes of at least 4 members (excludes halogenated alkanes) is 12. The van der Waals surface area contributed by atoms with Gasteiger partial charge < -0.3 is 9.47 Å². The summed E-state index contributed by atoms with van der Waals surface area (Å²) in [6.45, 7) is 6.76. The van der Waals surface area contributed by atoms with Crippen LogP contribution in [0.5, 0.6) is 11.5 Å². The fourth-order valence-electron chi connectivity index (χ4n) is 4.86. The van der Waals surface area contributed by atoms with Gasteiger partial charge >= 0.3 is 0 Å². The summed E-state index contributed by atoms with van der Waals surface area (Å²) >= 11 is 0. The lowest BCUT2D eigenvalue weighted by atomic mass is 10.0. The smallest absolute Gasteiger partial charge is 0.241 e. The van der Waals surface area contributed by atoms with Crippen LogP contribution in [0.1, 0.15) is 135 Å². The number of para-hydroxylation sites is 2. The molecule has 0 saturated heterocycles. The molecule has 2 heteroatoms. The molecule has 0 spiro atoms. The third-order valence-corrected chi connectivity index (χ3v) is 7.09. The van der Waals surface area contributed by atoms with E-state index in [0.717, 1.165) is 37.2 Å². The minimum atomic E-state index is -0.250. The maximum Gasteiger partial charge on any atom is 0.241 e. The zero-order valence-corrected chi connectivity index (χ0v) is 23.7. The summed E-state index contributed by atoms with van der Waals surface area (Å²) in [6, 6.07) is 17.1. The van der Waals surface area contributed by atoms with Crippen molar-refractivity contribution in [1.82, 2.24) is 0 Å². The van der Waals surface area contributed by atoms with Crippen LogP contribution in [0.3, 0.4) is 0 Å². The van der Waals surface area contributed by atoms with Gasteiger partial charge in [-0.25, -0.2) is 0 Å². The highest BCUT2D eigenvalue weighted by Crippen LogP contribution is 2.27. The van der Waals surface area contributed by atoms with E-state index in [2.05, 4.69) is 69.3 Å². The summed E-state index contributed by atoms with van der Waals surface area (Å²) < 4.78 is 13.0. The molecule has 0 aromatic heterocycles. The first-order chi connectivity index (χ1) is 17.8. The van der Waals surface area contributed by atoms with Gasteiger partial charge in [-0.1, -0.05) is 134 Å². The molecule has 0 radical (unpaired) electrons. The third-order valence-electron chi connectivity index (χ3n) is 7.09. The number of benzene rings is 2. The summed E-state index contributed by atoms with van der Waals surface area (Å²) in [5.74, 6) is 1.98. The van der Waals surface area contributed by atoms with Crippen LogP contribution in [0.2, 0.25) is 0 Å².